The summed E-state index contributed by atoms with van der Waals surface area (Å²) in [5.74, 6) is -0.595. The number of benzene rings is 2. The molecule has 2 heterocycles. The van der Waals surface area contributed by atoms with Gasteiger partial charge in [0.2, 0.25) is 0 Å². The highest BCUT2D eigenvalue weighted by atomic mass is 35.5. The van der Waals surface area contributed by atoms with Gasteiger partial charge in [0, 0.05) is 24.0 Å². The Morgan fingerprint density at radius 2 is 1.71 bits per heavy atom. The topological polar surface area (TPSA) is 78.9 Å². The van der Waals surface area contributed by atoms with E-state index in [9.17, 15) is 4.79 Å². The molecule has 0 unspecified atom stereocenters. The molecule has 174 valence electrons. The Morgan fingerprint density at radius 3 is 2.29 bits per heavy atom. The SMILES string of the molecule is O=C(O)C=Cc1ccc(C(=C(c2ncccc2Cl)C2CCC2)c2ccc(-c3cn[nH]c3)cc2)cc1. The van der Waals surface area contributed by atoms with Crippen LogP contribution < -0.4 is 0 Å². The molecule has 35 heavy (non-hydrogen) atoms. The van der Waals surface area contributed by atoms with Crippen LogP contribution in [0, 0.1) is 5.92 Å². The van der Waals surface area contributed by atoms with E-state index in [0.717, 1.165) is 63.6 Å². The molecule has 2 aromatic heterocycles. The van der Waals surface area contributed by atoms with Crippen molar-refractivity contribution in [3.63, 3.8) is 0 Å². The van der Waals surface area contributed by atoms with E-state index in [-0.39, 0.29) is 0 Å². The first-order valence-electron chi connectivity index (χ1n) is 11.6. The highest BCUT2D eigenvalue weighted by molar-refractivity contribution is 6.32. The molecule has 6 heteroatoms. The average Bonchev–Trinajstić information content (AvgIpc) is 3.38. The Hall–Kier alpha value is -3.96. The van der Waals surface area contributed by atoms with Crippen molar-refractivity contribution in [2.45, 2.75) is 19.3 Å². The van der Waals surface area contributed by atoms with Crippen LogP contribution in [-0.2, 0) is 4.79 Å². The molecule has 0 radical (unpaired) electrons. The van der Waals surface area contributed by atoms with Gasteiger partial charge in [0.15, 0.2) is 0 Å². The lowest BCUT2D eigenvalue weighted by atomic mass is 9.74. The fraction of sp³-hybridized carbons (Fsp3) is 0.138. The first-order valence-corrected chi connectivity index (χ1v) is 11.9. The second-order valence-electron chi connectivity index (χ2n) is 8.61. The number of aromatic amines is 1. The highest BCUT2D eigenvalue weighted by Crippen LogP contribution is 2.46. The number of rotatable bonds is 7. The normalized spacial score (nSPS) is 14.5. The lowest BCUT2D eigenvalue weighted by Gasteiger charge is -2.31. The predicted molar refractivity (Wildman–Crippen MR) is 140 cm³/mol. The van der Waals surface area contributed by atoms with E-state index in [2.05, 4.69) is 34.5 Å². The quantitative estimate of drug-likeness (QED) is 0.279. The number of hydrogen-bond acceptors (Lipinski definition) is 3. The molecule has 4 aromatic rings. The van der Waals surface area contributed by atoms with Crippen LogP contribution in [0.15, 0.2) is 85.3 Å². The minimum absolute atomic E-state index is 0.373. The van der Waals surface area contributed by atoms with Gasteiger partial charge in [0.25, 0.3) is 0 Å². The van der Waals surface area contributed by atoms with Crippen LogP contribution in [0.2, 0.25) is 5.02 Å². The fourth-order valence-electron chi connectivity index (χ4n) is 4.44. The standard InChI is InChI=1S/C29H24ClN3O2/c30-25-5-2-16-31-29(25)28(21-3-1-4-21)27(22-9-6-19(7-10-22)8-15-26(34)35)23-13-11-20(12-14-23)24-17-32-33-18-24/h2,5-18,21H,1,3-4H2,(H,32,33)(H,34,35). The summed E-state index contributed by atoms with van der Waals surface area (Å²) in [6.07, 6.45) is 11.6. The zero-order valence-corrected chi connectivity index (χ0v) is 19.7. The first kappa shape index (κ1) is 22.8. The third kappa shape index (κ3) is 4.96. The summed E-state index contributed by atoms with van der Waals surface area (Å²) in [6, 6.07) is 20.2. The molecule has 5 rings (SSSR count). The molecule has 0 aliphatic heterocycles. The van der Waals surface area contributed by atoms with E-state index in [1.807, 2.05) is 48.8 Å². The molecule has 0 spiro atoms. The molecule has 1 aliphatic carbocycles. The maximum absolute atomic E-state index is 10.9. The minimum Gasteiger partial charge on any atom is -0.478 e. The summed E-state index contributed by atoms with van der Waals surface area (Å²) in [5, 5.41) is 16.5. The summed E-state index contributed by atoms with van der Waals surface area (Å²) in [7, 11) is 0. The molecule has 1 saturated carbocycles. The second-order valence-corrected chi connectivity index (χ2v) is 9.02. The molecule has 0 amide bonds. The molecule has 1 fully saturated rings. The first-order chi connectivity index (χ1) is 17.1. The molecule has 0 bridgehead atoms. The van der Waals surface area contributed by atoms with Crippen molar-refractivity contribution in [2.75, 3.05) is 0 Å². The lowest BCUT2D eigenvalue weighted by molar-refractivity contribution is -0.131. The van der Waals surface area contributed by atoms with E-state index < -0.39 is 5.97 Å². The Labute approximate surface area is 208 Å². The van der Waals surface area contributed by atoms with Crippen LogP contribution in [-0.4, -0.2) is 26.3 Å². The molecule has 1 aliphatic rings. The zero-order valence-electron chi connectivity index (χ0n) is 19.0. The average molecular weight is 482 g/mol. The van der Waals surface area contributed by atoms with Gasteiger partial charge in [-0.1, -0.05) is 66.6 Å². The van der Waals surface area contributed by atoms with Crippen LogP contribution in [0.4, 0.5) is 0 Å². The van der Waals surface area contributed by atoms with Crippen molar-refractivity contribution < 1.29 is 9.90 Å². The monoisotopic (exact) mass is 481 g/mol. The maximum Gasteiger partial charge on any atom is 0.328 e. The van der Waals surface area contributed by atoms with Gasteiger partial charge in [0.1, 0.15) is 0 Å². The summed E-state index contributed by atoms with van der Waals surface area (Å²) in [4.78, 5) is 15.6. The van der Waals surface area contributed by atoms with Gasteiger partial charge >= 0.3 is 5.97 Å². The van der Waals surface area contributed by atoms with E-state index >= 15 is 0 Å². The third-order valence-electron chi connectivity index (χ3n) is 6.42. The van der Waals surface area contributed by atoms with Crippen molar-refractivity contribution >= 4 is 34.8 Å². The number of carbonyl (C=O) groups is 1. The molecule has 0 atom stereocenters. The van der Waals surface area contributed by atoms with E-state index in [4.69, 9.17) is 21.7 Å². The minimum atomic E-state index is -0.968. The van der Waals surface area contributed by atoms with Crippen molar-refractivity contribution in [1.29, 1.82) is 0 Å². The van der Waals surface area contributed by atoms with E-state index in [1.54, 1.807) is 12.3 Å². The van der Waals surface area contributed by atoms with Gasteiger partial charge in [-0.2, -0.15) is 5.10 Å². The highest BCUT2D eigenvalue weighted by Gasteiger charge is 2.29. The number of aliphatic carboxylic acids is 1. The number of carboxylic acid groups (broad SMARTS) is 1. The van der Waals surface area contributed by atoms with Crippen molar-refractivity contribution in [1.82, 2.24) is 15.2 Å². The number of allylic oxidation sites excluding steroid dienone is 1. The third-order valence-corrected chi connectivity index (χ3v) is 6.72. The molecule has 2 N–H and O–H groups in total. The lowest BCUT2D eigenvalue weighted by Crippen LogP contribution is -2.16. The van der Waals surface area contributed by atoms with Gasteiger partial charge in [-0.3, -0.25) is 10.1 Å². The summed E-state index contributed by atoms with van der Waals surface area (Å²) < 4.78 is 0. The molecule has 5 nitrogen and oxygen atoms in total. The Balaban J connectivity index is 1.68. The van der Waals surface area contributed by atoms with Crippen LogP contribution in [0.25, 0.3) is 28.3 Å². The zero-order chi connectivity index (χ0) is 24.2. The van der Waals surface area contributed by atoms with Crippen molar-refractivity contribution in [2.24, 2.45) is 5.92 Å². The summed E-state index contributed by atoms with van der Waals surface area (Å²) >= 11 is 6.68. The number of hydrogen-bond donors (Lipinski definition) is 2. The Kier molecular flexibility index (Phi) is 6.59. The Bertz CT molecular complexity index is 1380. The number of halogens is 1. The predicted octanol–water partition coefficient (Wildman–Crippen LogP) is 6.98. The van der Waals surface area contributed by atoms with Crippen LogP contribution in [0.1, 0.15) is 41.6 Å². The van der Waals surface area contributed by atoms with Gasteiger partial charge in [-0.25, -0.2) is 4.79 Å². The van der Waals surface area contributed by atoms with Crippen molar-refractivity contribution in [3.8, 4) is 11.1 Å². The van der Waals surface area contributed by atoms with Gasteiger partial charge in [-0.05, 0) is 70.4 Å². The smallest absolute Gasteiger partial charge is 0.328 e. The maximum atomic E-state index is 10.9. The van der Waals surface area contributed by atoms with E-state index in [1.165, 1.54) is 6.42 Å². The van der Waals surface area contributed by atoms with Gasteiger partial charge < -0.3 is 5.11 Å². The summed E-state index contributed by atoms with van der Waals surface area (Å²) in [6.45, 7) is 0. The number of H-pyrrole nitrogens is 1. The van der Waals surface area contributed by atoms with Gasteiger partial charge in [-0.15, -0.1) is 0 Å². The molecule has 2 aromatic carbocycles. The largest absolute Gasteiger partial charge is 0.478 e. The second kappa shape index (κ2) is 10.1. The number of carboxylic acids is 1. The van der Waals surface area contributed by atoms with Gasteiger partial charge in [0.05, 0.1) is 16.9 Å². The van der Waals surface area contributed by atoms with Crippen molar-refractivity contribution in [3.05, 3.63) is 113 Å². The molecule has 0 saturated heterocycles. The fourth-order valence-corrected chi connectivity index (χ4v) is 4.66. The Morgan fingerprint density at radius 1 is 1.00 bits per heavy atom. The van der Waals surface area contributed by atoms with Crippen LogP contribution in [0.5, 0.6) is 0 Å². The number of aromatic nitrogens is 3. The van der Waals surface area contributed by atoms with E-state index in [0.29, 0.717) is 10.9 Å². The summed E-state index contributed by atoms with van der Waals surface area (Å²) in [5.41, 5.74) is 8.14. The van der Waals surface area contributed by atoms with Crippen LogP contribution >= 0.6 is 11.6 Å². The molecular weight excluding hydrogens is 458 g/mol. The number of nitrogens with one attached hydrogen (secondary N) is 1. The number of pyridine rings is 1. The number of nitrogens with zero attached hydrogens (tertiary/aromatic N) is 2. The van der Waals surface area contributed by atoms with Crippen LogP contribution in [0.3, 0.4) is 0 Å². The molecular formula is C29H24ClN3O2.